The van der Waals surface area contributed by atoms with Gasteiger partial charge in [0, 0.05) is 6.42 Å². The largest absolute Gasteiger partial charge is 0.332 e. The van der Waals surface area contributed by atoms with Crippen LogP contribution in [0.5, 0.6) is 0 Å². The van der Waals surface area contributed by atoms with E-state index >= 15 is 0 Å². The number of halogens is 3. The van der Waals surface area contributed by atoms with E-state index in [0.717, 1.165) is 6.07 Å². The maximum atomic E-state index is 12.7. The van der Waals surface area contributed by atoms with Crippen molar-refractivity contribution in [3.63, 3.8) is 0 Å². The zero-order valence-corrected chi connectivity index (χ0v) is 8.27. The smallest absolute Gasteiger partial charge is 0.206 e. The summed E-state index contributed by atoms with van der Waals surface area (Å²) in [4.78, 5) is -0.646. The van der Waals surface area contributed by atoms with Gasteiger partial charge < -0.3 is 0 Å². The molecule has 0 heterocycles. The van der Waals surface area contributed by atoms with Crippen LogP contribution in [0.4, 0.5) is 12.7 Å². The van der Waals surface area contributed by atoms with Gasteiger partial charge in [-0.2, -0.15) is 8.42 Å². The van der Waals surface area contributed by atoms with Gasteiger partial charge in [0.2, 0.25) is 0 Å². The quantitative estimate of drug-likeness (QED) is 0.739. The molecule has 1 fully saturated rings. The van der Waals surface area contributed by atoms with E-state index in [0.29, 0.717) is 0 Å². The molecule has 1 aliphatic carbocycles. The molecule has 2 rings (SSSR count). The topological polar surface area (TPSA) is 34.1 Å². The fourth-order valence-corrected chi connectivity index (χ4v) is 2.27. The molecule has 0 bridgehead atoms. The fraction of sp³-hybridized carbons (Fsp3) is 0.333. The Kier molecular flexibility index (Phi) is 2.08. The Morgan fingerprint density at radius 2 is 1.80 bits per heavy atom. The van der Waals surface area contributed by atoms with Crippen LogP contribution in [-0.4, -0.2) is 14.3 Å². The Bertz CT molecular complexity index is 496. The Labute approximate surface area is 84.9 Å². The Morgan fingerprint density at radius 3 is 2.27 bits per heavy atom. The highest BCUT2D eigenvalue weighted by atomic mass is 32.3. The minimum Gasteiger partial charge on any atom is -0.206 e. The van der Waals surface area contributed by atoms with Crippen molar-refractivity contribution >= 4 is 10.2 Å². The monoisotopic (exact) mass is 236 g/mol. The molecule has 0 spiro atoms. The van der Waals surface area contributed by atoms with Crippen molar-refractivity contribution in [3.8, 4) is 0 Å². The molecule has 0 aromatic heterocycles. The number of benzene rings is 1. The zero-order valence-electron chi connectivity index (χ0n) is 7.45. The van der Waals surface area contributed by atoms with Crippen LogP contribution >= 0.6 is 0 Å². The average molecular weight is 236 g/mol. The van der Waals surface area contributed by atoms with Crippen molar-refractivity contribution in [2.75, 3.05) is 0 Å². The SMILES string of the molecule is O=S(=O)(F)c1ccccc1C1CC1(F)F. The van der Waals surface area contributed by atoms with Crippen LogP contribution in [0.2, 0.25) is 0 Å². The van der Waals surface area contributed by atoms with E-state index in [4.69, 9.17) is 0 Å². The molecule has 0 N–H and O–H groups in total. The molecular weight excluding hydrogens is 229 g/mol. The summed E-state index contributed by atoms with van der Waals surface area (Å²) < 4.78 is 59.6. The first-order chi connectivity index (χ1) is 6.82. The summed E-state index contributed by atoms with van der Waals surface area (Å²) >= 11 is 0. The summed E-state index contributed by atoms with van der Waals surface area (Å²) in [5.41, 5.74) is -0.134. The second-order valence-corrected chi connectivity index (χ2v) is 4.81. The highest BCUT2D eigenvalue weighted by Gasteiger charge is 2.58. The molecule has 1 aromatic carbocycles. The summed E-state index contributed by atoms with van der Waals surface area (Å²) in [7, 11) is -4.92. The summed E-state index contributed by atoms with van der Waals surface area (Å²) in [5.74, 6) is -4.07. The van der Waals surface area contributed by atoms with Crippen molar-refractivity contribution in [1.29, 1.82) is 0 Å². The van der Waals surface area contributed by atoms with Crippen LogP contribution in [0, 0.1) is 0 Å². The molecule has 2 nitrogen and oxygen atoms in total. The van der Waals surface area contributed by atoms with Crippen LogP contribution in [-0.2, 0) is 10.2 Å². The highest BCUT2D eigenvalue weighted by molar-refractivity contribution is 7.86. The first-order valence-electron chi connectivity index (χ1n) is 4.24. The average Bonchev–Trinajstić information content (AvgIpc) is 2.74. The van der Waals surface area contributed by atoms with Crippen LogP contribution in [0.25, 0.3) is 0 Å². The molecule has 0 aliphatic heterocycles. The maximum Gasteiger partial charge on any atom is 0.332 e. The van der Waals surface area contributed by atoms with Gasteiger partial charge in [-0.15, -0.1) is 3.89 Å². The van der Waals surface area contributed by atoms with Gasteiger partial charge in [-0.25, -0.2) is 8.78 Å². The van der Waals surface area contributed by atoms with E-state index < -0.39 is 33.4 Å². The lowest BCUT2D eigenvalue weighted by atomic mass is 10.1. The molecule has 0 saturated heterocycles. The number of rotatable bonds is 2. The van der Waals surface area contributed by atoms with Gasteiger partial charge in [0.25, 0.3) is 5.92 Å². The lowest BCUT2D eigenvalue weighted by molar-refractivity contribution is 0.111. The van der Waals surface area contributed by atoms with E-state index in [1.807, 2.05) is 0 Å². The predicted octanol–water partition coefficient (Wildman–Crippen LogP) is 2.47. The molecule has 1 saturated carbocycles. The first kappa shape index (κ1) is 10.5. The third-order valence-electron chi connectivity index (χ3n) is 2.38. The van der Waals surface area contributed by atoms with Gasteiger partial charge in [0.15, 0.2) is 0 Å². The summed E-state index contributed by atoms with van der Waals surface area (Å²) in [6, 6.07) is 4.94. The maximum absolute atomic E-state index is 12.7. The Morgan fingerprint density at radius 1 is 1.27 bits per heavy atom. The van der Waals surface area contributed by atoms with Crippen LogP contribution in [0.1, 0.15) is 17.9 Å². The van der Waals surface area contributed by atoms with Gasteiger partial charge in [0.1, 0.15) is 4.90 Å². The van der Waals surface area contributed by atoms with Crippen LogP contribution < -0.4 is 0 Å². The number of alkyl halides is 2. The lowest BCUT2D eigenvalue weighted by Crippen LogP contribution is -2.01. The molecule has 1 unspecified atom stereocenters. The molecule has 1 aliphatic rings. The predicted molar refractivity (Wildman–Crippen MR) is 47.0 cm³/mol. The molecule has 15 heavy (non-hydrogen) atoms. The van der Waals surface area contributed by atoms with Crippen molar-refractivity contribution < 1.29 is 21.1 Å². The van der Waals surface area contributed by atoms with Gasteiger partial charge >= 0.3 is 10.2 Å². The van der Waals surface area contributed by atoms with E-state index in [1.165, 1.54) is 18.2 Å². The normalized spacial score (nSPS) is 23.8. The standard InChI is InChI=1S/C9H7F3O2S/c10-9(11)5-7(9)6-3-1-2-4-8(6)15(12,13)14/h1-4,7H,5H2. The van der Waals surface area contributed by atoms with Gasteiger partial charge in [-0.1, -0.05) is 18.2 Å². The van der Waals surface area contributed by atoms with Crippen LogP contribution in [0.15, 0.2) is 29.2 Å². The molecule has 1 aromatic rings. The molecule has 1 atom stereocenters. The molecule has 0 amide bonds. The second-order valence-electron chi connectivity index (χ2n) is 3.49. The third-order valence-corrected chi connectivity index (χ3v) is 3.28. The highest BCUT2D eigenvalue weighted by Crippen LogP contribution is 2.56. The van der Waals surface area contributed by atoms with E-state index in [9.17, 15) is 21.1 Å². The molecule has 6 heteroatoms. The molecule has 0 radical (unpaired) electrons. The molecule has 82 valence electrons. The van der Waals surface area contributed by atoms with Crippen LogP contribution in [0.3, 0.4) is 0 Å². The van der Waals surface area contributed by atoms with E-state index in [1.54, 1.807) is 0 Å². The summed E-state index contributed by atoms with van der Waals surface area (Å²) in [6.07, 6.45) is -0.417. The van der Waals surface area contributed by atoms with Gasteiger partial charge in [-0.3, -0.25) is 0 Å². The van der Waals surface area contributed by atoms with Crippen molar-refractivity contribution in [2.24, 2.45) is 0 Å². The van der Waals surface area contributed by atoms with E-state index in [-0.39, 0.29) is 5.56 Å². The first-order valence-corrected chi connectivity index (χ1v) is 5.62. The van der Waals surface area contributed by atoms with Gasteiger partial charge in [-0.05, 0) is 11.6 Å². The number of hydrogen-bond acceptors (Lipinski definition) is 2. The zero-order chi connectivity index (χ0) is 11.3. The van der Waals surface area contributed by atoms with Crippen molar-refractivity contribution in [2.45, 2.75) is 23.2 Å². The van der Waals surface area contributed by atoms with Gasteiger partial charge in [0.05, 0.1) is 5.92 Å². The fourth-order valence-electron chi connectivity index (χ4n) is 1.54. The van der Waals surface area contributed by atoms with Crippen molar-refractivity contribution in [1.82, 2.24) is 0 Å². The third kappa shape index (κ3) is 1.86. The minimum absolute atomic E-state index is 0.134. The summed E-state index contributed by atoms with van der Waals surface area (Å²) in [5, 5.41) is 0. The minimum atomic E-state index is -4.92. The second kappa shape index (κ2) is 2.98. The number of hydrogen-bond donors (Lipinski definition) is 0. The van der Waals surface area contributed by atoms with E-state index in [2.05, 4.69) is 0 Å². The van der Waals surface area contributed by atoms with Crippen molar-refractivity contribution in [3.05, 3.63) is 29.8 Å². The Balaban J connectivity index is 2.50. The Hall–Kier alpha value is -1.04. The molecular formula is C9H7F3O2S. The summed E-state index contributed by atoms with van der Waals surface area (Å²) in [6.45, 7) is 0. The lowest BCUT2D eigenvalue weighted by Gasteiger charge is -2.04.